The summed E-state index contributed by atoms with van der Waals surface area (Å²) in [4.78, 5) is 19.1. The van der Waals surface area contributed by atoms with Gasteiger partial charge in [-0.05, 0) is 12.1 Å². The van der Waals surface area contributed by atoms with Crippen molar-refractivity contribution in [2.75, 3.05) is 7.11 Å². The fourth-order valence-corrected chi connectivity index (χ4v) is 1.19. The number of carbonyl (C=O) groups excluding carboxylic acids is 1. The van der Waals surface area contributed by atoms with Crippen LogP contribution in [0.4, 0.5) is 0 Å². The van der Waals surface area contributed by atoms with E-state index >= 15 is 0 Å². The lowest BCUT2D eigenvalue weighted by Crippen LogP contribution is -2.02. The van der Waals surface area contributed by atoms with Gasteiger partial charge in [-0.25, -0.2) is 9.78 Å². The lowest BCUT2D eigenvalue weighted by molar-refractivity contribution is 0.0600. The molecular formula is C12H9N2O3. The molecule has 2 heterocycles. The molecule has 0 bridgehead atoms. The Hall–Kier alpha value is -2.43. The van der Waals surface area contributed by atoms with Gasteiger partial charge in [-0.2, -0.15) is 0 Å². The molecular weight excluding hydrogens is 220 g/mol. The lowest BCUT2D eigenvalue weighted by atomic mass is 10.3. The molecule has 0 aliphatic heterocycles. The zero-order valence-electron chi connectivity index (χ0n) is 9.08. The van der Waals surface area contributed by atoms with E-state index in [4.69, 9.17) is 4.74 Å². The maximum absolute atomic E-state index is 11.3. The van der Waals surface area contributed by atoms with Gasteiger partial charge in [0.05, 0.1) is 18.9 Å². The van der Waals surface area contributed by atoms with Crippen LogP contribution in [0.3, 0.4) is 0 Å². The van der Waals surface area contributed by atoms with Crippen LogP contribution in [0.5, 0.6) is 11.6 Å². The average Bonchev–Trinajstić information content (AvgIpc) is 2.39. The van der Waals surface area contributed by atoms with Crippen LogP contribution in [0.25, 0.3) is 0 Å². The number of nitrogens with zero attached hydrogens (tertiary/aromatic N) is 2. The van der Waals surface area contributed by atoms with E-state index in [1.54, 1.807) is 12.1 Å². The largest absolute Gasteiger partial charge is 0.465 e. The Bertz CT molecular complexity index is 514. The van der Waals surface area contributed by atoms with E-state index in [0.717, 1.165) is 0 Å². The summed E-state index contributed by atoms with van der Waals surface area (Å²) < 4.78 is 10.00. The van der Waals surface area contributed by atoms with Gasteiger partial charge in [-0.3, -0.25) is 4.98 Å². The summed E-state index contributed by atoms with van der Waals surface area (Å²) in [6.07, 6.45) is 4.39. The summed E-state index contributed by atoms with van der Waals surface area (Å²) in [5.74, 6) is 0.372. The Balaban J connectivity index is 2.20. The first-order valence-corrected chi connectivity index (χ1v) is 4.83. The van der Waals surface area contributed by atoms with Gasteiger partial charge in [-0.15, -0.1) is 0 Å². The number of methoxy groups -OCH3 is 1. The molecule has 85 valence electrons. The zero-order valence-corrected chi connectivity index (χ0v) is 9.08. The summed E-state index contributed by atoms with van der Waals surface area (Å²) >= 11 is 0. The van der Waals surface area contributed by atoms with Gasteiger partial charge in [0.25, 0.3) is 0 Å². The maximum atomic E-state index is 11.3. The van der Waals surface area contributed by atoms with E-state index in [0.29, 0.717) is 17.2 Å². The first-order valence-electron chi connectivity index (χ1n) is 4.83. The van der Waals surface area contributed by atoms with Crippen LogP contribution in [0.15, 0.2) is 36.8 Å². The molecule has 0 aromatic carbocycles. The number of carbonyl (C=O) groups is 1. The van der Waals surface area contributed by atoms with Crippen LogP contribution < -0.4 is 4.74 Å². The summed E-state index contributed by atoms with van der Waals surface area (Å²) in [7, 11) is 1.31. The third kappa shape index (κ3) is 2.78. The highest BCUT2D eigenvalue weighted by atomic mass is 16.5. The van der Waals surface area contributed by atoms with Gasteiger partial charge in [-0.1, -0.05) is 0 Å². The van der Waals surface area contributed by atoms with Gasteiger partial charge >= 0.3 is 5.97 Å². The second-order valence-electron chi connectivity index (χ2n) is 3.10. The molecule has 5 nitrogen and oxygen atoms in total. The summed E-state index contributed by atoms with van der Waals surface area (Å²) in [6, 6.07) is 7.65. The van der Waals surface area contributed by atoms with Crippen molar-refractivity contribution >= 4 is 5.97 Å². The Morgan fingerprint density at radius 3 is 3.00 bits per heavy atom. The average molecular weight is 229 g/mol. The zero-order chi connectivity index (χ0) is 12.1. The molecule has 2 rings (SSSR count). The highest BCUT2D eigenvalue weighted by Crippen LogP contribution is 2.18. The van der Waals surface area contributed by atoms with Crippen molar-refractivity contribution in [2.24, 2.45) is 0 Å². The van der Waals surface area contributed by atoms with Crippen molar-refractivity contribution in [3.63, 3.8) is 0 Å². The van der Waals surface area contributed by atoms with Gasteiger partial charge < -0.3 is 9.47 Å². The van der Waals surface area contributed by atoms with Crippen molar-refractivity contribution in [3.05, 3.63) is 48.4 Å². The van der Waals surface area contributed by atoms with Crippen molar-refractivity contribution in [2.45, 2.75) is 0 Å². The Kier molecular flexibility index (Phi) is 3.30. The minimum atomic E-state index is -0.461. The van der Waals surface area contributed by atoms with E-state index in [9.17, 15) is 4.79 Å². The molecule has 0 unspecified atom stereocenters. The number of aromatic nitrogens is 2. The number of hydrogen-bond acceptors (Lipinski definition) is 5. The predicted molar refractivity (Wildman–Crippen MR) is 58.7 cm³/mol. The van der Waals surface area contributed by atoms with E-state index in [1.165, 1.54) is 31.8 Å². The van der Waals surface area contributed by atoms with Gasteiger partial charge in [0, 0.05) is 24.5 Å². The highest BCUT2D eigenvalue weighted by molar-refractivity contribution is 5.89. The Labute approximate surface area is 98.0 Å². The standard InChI is InChI=1S/C12H9N2O3/c1-16-12(15)9-6-10(8-13-7-9)17-11-4-2-3-5-14-11/h2,4-8H,1H3. The van der Waals surface area contributed by atoms with Crippen LogP contribution in [0.1, 0.15) is 10.4 Å². The number of ether oxygens (including phenoxy) is 2. The second-order valence-corrected chi connectivity index (χ2v) is 3.10. The van der Waals surface area contributed by atoms with Crippen molar-refractivity contribution in [1.82, 2.24) is 9.97 Å². The molecule has 0 saturated heterocycles. The minimum Gasteiger partial charge on any atom is -0.465 e. The third-order valence-corrected chi connectivity index (χ3v) is 1.95. The molecule has 2 aromatic heterocycles. The van der Waals surface area contributed by atoms with E-state index < -0.39 is 5.97 Å². The van der Waals surface area contributed by atoms with E-state index in [1.807, 2.05) is 0 Å². The fourth-order valence-electron chi connectivity index (χ4n) is 1.19. The Morgan fingerprint density at radius 1 is 1.41 bits per heavy atom. The van der Waals surface area contributed by atoms with E-state index in [2.05, 4.69) is 20.8 Å². The van der Waals surface area contributed by atoms with Gasteiger partial charge in [0.2, 0.25) is 5.88 Å². The van der Waals surface area contributed by atoms with Crippen LogP contribution in [-0.4, -0.2) is 23.0 Å². The topological polar surface area (TPSA) is 61.3 Å². The minimum absolute atomic E-state index is 0.326. The van der Waals surface area contributed by atoms with Crippen LogP contribution in [0.2, 0.25) is 0 Å². The van der Waals surface area contributed by atoms with Crippen molar-refractivity contribution in [3.8, 4) is 11.6 Å². The molecule has 5 heteroatoms. The SMILES string of the molecule is COC(=O)c1cncc(Oc2cc[c]cn2)c1. The molecule has 0 N–H and O–H groups in total. The molecule has 0 aliphatic carbocycles. The molecule has 0 aliphatic rings. The molecule has 1 radical (unpaired) electrons. The summed E-state index contributed by atoms with van der Waals surface area (Å²) in [6.45, 7) is 0. The molecule has 0 fully saturated rings. The molecule has 17 heavy (non-hydrogen) atoms. The number of pyridine rings is 2. The van der Waals surface area contributed by atoms with E-state index in [-0.39, 0.29) is 0 Å². The fraction of sp³-hybridized carbons (Fsp3) is 0.0833. The maximum Gasteiger partial charge on any atom is 0.339 e. The van der Waals surface area contributed by atoms with Crippen molar-refractivity contribution in [1.29, 1.82) is 0 Å². The summed E-state index contributed by atoms with van der Waals surface area (Å²) in [5, 5.41) is 0. The quantitative estimate of drug-likeness (QED) is 0.751. The number of hydrogen-bond donors (Lipinski definition) is 0. The molecule has 0 amide bonds. The van der Waals surface area contributed by atoms with Gasteiger partial charge in [0.1, 0.15) is 5.75 Å². The van der Waals surface area contributed by atoms with Gasteiger partial charge in [0.15, 0.2) is 0 Å². The number of esters is 1. The third-order valence-electron chi connectivity index (χ3n) is 1.95. The first kappa shape index (κ1) is 11.1. The molecule has 0 saturated carbocycles. The smallest absolute Gasteiger partial charge is 0.339 e. The first-order chi connectivity index (χ1) is 8.29. The second kappa shape index (κ2) is 5.07. The highest BCUT2D eigenvalue weighted by Gasteiger charge is 2.07. The Morgan fingerprint density at radius 2 is 2.29 bits per heavy atom. The van der Waals surface area contributed by atoms with Crippen LogP contribution in [0, 0.1) is 6.07 Å². The normalized spacial score (nSPS) is 9.71. The van der Waals surface area contributed by atoms with Crippen LogP contribution in [-0.2, 0) is 4.74 Å². The lowest BCUT2D eigenvalue weighted by Gasteiger charge is -2.04. The monoisotopic (exact) mass is 229 g/mol. The van der Waals surface area contributed by atoms with Crippen molar-refractivity contribution < 1.29 is 14.3 Å². The van der Waals surface area contributed by atoms with Crippen LogP contribution >= 0.6 is 0 Å². The predicted octanol–water partition coefficient (Wildman–Crippen LogP) is 1.86. The molecule has 2 aromatic rings. The number of rotatable bonds is 3. The summed E-state index contributed by atoms with van der Waals surface area (Å²) in [5.41, 5.74) is 0.326. The molecule has 0 atom stereocenters. The molecule has 0 spiro atoms.